The van der Waals surface area contributed by atoms with Crippen molar-refractivity contribution < 1.29 is 9.84 Å². The smallest absolute Gasteiger partial charge is 0.0900 e. The number of nitrogens with two attached hydrogens (primary N) is 1. The zero-order chi connectivity index (χ0) is 10.3. The Morgan fingerprint density at radius 2 is 2.15 bits per heavy atom. The first-order valence-corrected chi connectivity index (χ1v) is 4.69. The maximum absolute atomic E-state index is 9.44. The van der Waals surface area contributed by atoms with Crippen LogP contribution in [-0.4, -0.2) is 56.0 Å². The van der Waals surface area contributed by atoms with E-state index >= 15 is 0 Å². The second-order valence-corrected chi connectivity index (χ2v) is 3.48. The number of rotatable bonds is 7. The van der Waals surface area contributed by atoms with Crippen LogP contribution in [0.5, 0.6) is 0 Å². The van der Waals surface area contributed by atoms with Crippen LogP contribution >= 0.6 is 0 Å². The van der Waals surface area contributed by atoms with Crippen molar-refractivity contribution in [1.29, 1.82) is 0 Å². The average Bonchev–Trinajstić information content (AvgIpc) is 2.05. The Kier molecular flexibility index (Phi) is 7.17. The first kappa shape index (κ1) is 12.8. The van der Waals surface area contributed by atoms with Gasteiger partial charge in [0, 0.05) is 19.7 Å². The minimum atomic E-state index is -0.407. The summed E-state index contributed by atoms with van der Waals surface area (Å²) in [6.07, 6.45) is 0.547. The largest absolute Gasteiger partial charge is 0.389 e. The first-order chi connectivity index (χ1) is 6.11. The van der Waals surface area contributed by atoms with Crippen LogP contribution in [0.4, 0.5) is 0 Å². The van der Waals surface area contributed by atoms with E-state index in [1.165, 1.54) is 0 Å². The van der Waals surface area contributed by atoms with Crippen molar-refractivity contribution in [2.75, 3.05) is 33.9 Å². The zero-order valence-electron chi connectivity index (χ0n) is 8.86. The summed E-state index contributed by atoms with van der Waals surface area (Å²) in [6, 6.07) is 0.413. The van der Waals surface area contributed by atoms with E-state index in [0.29, 0.717) is 25.7 Å². The lowest BCUT2D eigenvalue weighted by atomic mass is 10.2. The molecular formula is C9H22N2O2. The summed E-state index contributed by atoms with van der Waals surface area (Å²) in [5, 5.41) is 9.44. The molecule has 0 fully saturated rings. The normalized spacial score (nSPS) is 16.2. The van der Waals surface area contributed by atoms with E-state index in [9.17, 15) is 5.11 Å². The Bertz CT molecular complexity index is 122. The predicted molar refractivity (Wildman–Crippen MR) is 53.6 cm³/mol. The van der Waals surface area contributed by atoms with Crippen molar-refractivity contribution in [2.24, 2.45) is 5.73 Å². The molecule has 2 unspecified atom stereocenters. The Labute approximate surface area is 80.7 Å². The van der Waals surface area contributed by atoms with E-state index in [2.05, 4.69) is 11.8 Å². The number of methoxy groups -OCH3 is 1. The van der Waals surface area contributed by atoms with Gasteiger partial charge in [0.15, 0.2) is 0 Å². The van der Waals surface area contributed by atoms with Gasteiger partial charge in [0.05, 0.1) is 12.7 Å². The molecule has 0 saturated carbocycles. The lowest BCUT2D eigenvalue weighted by Gasteiger charge is -2.26. The minimum absolute atomic E-state index is 0.389. The standard InChI is InChI=1S/C9H22N2O2/c1-8(4-5-10)11(2)6-9(12)7-13-3/h8-9,12H,4-7,10H2,1-3H3. The van der Waals surface area contributed by atoms with E-state index < -0.39 is 6.10 Å². The second-order valence-electron chi connectivity index (χ2n) is 3.48. The molecule has 80 valence electrons. The van der Waals surface area contributed by atoms with Crippen LogP contribution in [0.25, 0.3) is 0 Å². The van der Waals surface area contributed by atoms with Gasteiger partial charge in [-0.2, -0.15) is 0 Å². The van der Waals surface area contributed by atoms with E-state index in [-0.39, 0.29) is 0 Å². The summed E-state index contributed by atoms with van der Waals surface area (Å²) in [5.41, 5.74) is 5.44. The molecule has 0 amide bonds. The van der Waals surface area contributed by atoms with Gasteiger partial charge in [0.2, 0.25) is 0 Å². The molecule has 13 heavy (non-hydrogen) atoms. The predicted octanol–water partition coefficient (Wildman–Crippen LogP) is -0.337. The van der Waals surface area contributed by atoms with Crippen LogP contribution in [0.2, 0.25) is 0 Å². The SMILES string of the molecule is COCC(O)CN(C)C(C)CCN. The topological polar surface area (TPSA) is 58.7 Å². The van der Waals surface area contributed by atoms with Crippen molar-refractivity contribution in [3.05, 3.63) is 0 Å². The molecule has 2 atom stereocenters. The lowest BCUT2D eigenvalue weighted by Crippen LogP contribution is -2.38. The maximum atomic E-state index is 9.44. The molecule has 0 aromatic heterocycles. The Balaban J connectivity index is 3.64. The van der Waals surface area contributed by atoms with E-state index in [1.807, 2.05) is 7.05 Å². The molecule has 3 N–H and O–H groups in total. The summed E-state index contributed by atoms with van der Waals surface area (Å²) in [6.45, 7) is 3.81. The van der Waals surface area contributed by atoms with Crippen LogP contribution in [-0.2, 0) is 4.74 Å². The molecule has 0 saturated heterocycles. The fraction of sp³-hybridized carbons (Fsp3) is 1.00. The van der Waals surface area contributed by atoms with Gasteiger partial charge in [-0.3, -0.25) is 0 Å². The highest BCUT2D eigenvalue weighted by Gasteiger charge is 2.12. The number of ether oxygens (including phenoxy) is 1. The lowest BCUT2D eigenvalue weighted by molar-refractivity contribution is 0.0353. The molecule has 0 aliphatic carbocycles. The summed E-state index contributed by atoms with van der Waals surface area (Å²) < 4.78 is 4.84. The van der Waals surface area contributed by atoms with Crippen LogP contribution in [0.15, 0.2) is 0 Å². The van der Waals surface area contributed by atoms with Crippen LogP contribution in [0, 0.1) is 0 Å². The highest BCUT2D eigenvalue weighted by atomic mass is 16.5. The van der Waals surface area contributed by atoms with E-state index in [1.54, 1.807) is 7.11 Å². The molecule has 0 aliphatic rings. The van der Waals surface area contributed by atoms with Gasteiger partial charge in [0.1, 0.15) is 0 Å². The number of likely N-dealkylation sites (N-methyl/N-ethyl adjacent to an activating group) is 1. The van der Waals surface area contributed by atoms with Crippen molar-refractivity contribution >= 4 is 0 Å². The monoisotopic (exact) mass is 190 g/mol. The Morgan fingerprint density at radius 3 is 2.62 bits per heavy atom. The summed E-state index contributed by atoms with van der Waals surface area (Å²) in [5.74, 6) is 0. The highest BCUT2D eigenvalue weighted by Crippen LogP contribution is 2.00. The number of hydrogen-bond donors (Lipinski definition) is 2. The number of nitrogens with zero attached hydrogens (tertiary/aromatic N) is 1. The van der Waals surface area contributed by atoms with Gasteiger partial charge in [-0.1, -0.05) is 0 Å². The van der Waals surface area contributed by atoms with Crippen molar-refractivity contribution in [3.63, 3.8) is 0 Å². The van der Waals surface area contributed by atoms with Crippen molar-refractivity contribution in [2.45, 2.75) is 25.5 Å². The maximum Gasteiger partial charge on any atom is 0.0900 e. The molecule has 0 aliphatic heterocycles. The second kappa shape index (κ2) is 7.26. The third kappa shape index (κ3) is 5.99. The fourth-order valence-electron chi connectivity index (χ4n) is 1.22. The van der Waals surface area contributed by atoms with Gasteiger partial charge in [-0.25, -0.2) is 0 Å². The van der Waals surface area contributed by atoms with Crippen LogP contribution in [0.3, 0.4) is 0 Å². The quantitative estimate of drug-likeness (QED) is 0.577. The van der Waals surface area contributed by atoms with Crippen molar-refractivity contribution in [3.8, 4) is 0 Å². The Hall–Kier alpha value is -0.160. The molecule has 0 heterocycles. The molecule has 4 heteroatoms. The first-order valence-electron chi connectivity index (χ1n) is 4.69. The Morgan fingerprint density at radius 1 is 1.54 bits per heavy atom. The van der Waals surface area contributed by atoms with Gasteiger partial charge in [0.25, 0.3) is 0 Å². The molecule has 4 nitrogen and oxygen atoms in total. The minimum Gasteiger partial charge on any atom is -0.389 e. The molecule has 0 radical (unpaired) electrons. The molecule has 0 rings (SSSR count). The third-order valence-corrected chi connectivity index (χ3v) is 2.19. The van der Waals surface area contributed by atoms with Crippen LogP contribution in [0.1, 0.15) is 13.3 Å². The van der Waals surface area contributed by atoms with Gasteiger partial charge < -0.3 is 20.5 Å². The zero-order valence-corrected chi connectivity index (χ0v) is 8.86. The molecule has 0 aromatic carbocycles. The van der Waals surface area contributed by atoms with E-state index in [0.717, 1.165) is 6.42 Å². The molecule has 0 spiro atoms. The number of aliphatic hydroxyl groups is 1. The van der Waals surface area contributed by atoms with Gasteiger partial charge in [-0.05, 0) is 26.9 Å². The number of hydrogen-bond acceptors (Lipinski definition) is 4. The summed E-state index contributed by atoms with van der Waals surface area (Å²) >= 11 is 0. The highest BCUT2D eigenvalue weighted by molar-refractivity contribution is 4.67. The third-order valence-electron chi connectivity index (χ3n) is 2.19. The molecule has 0 aromatic rings. The number of aliphatic hydroxyl groups excluding tert-OH is 1. The molecular weight excluding hydrogens is 168 g/mol. The summed E-state index contributed by atoms with van der Waals surface area (Å²) in [7, 11) is 3.58. The molecule has 0 bridgehead atoms. The van der Waals surface area contributed by atoms with E-state index in [4.69, 9.17) is 10.5 Å². The summed E-state index contributed by atoms with van der Waals surface area (Å²) in [4.78, 5) is 2.09. The van der Waals surface area contributed by atoms with Gasteiger partial charge in [-0.15, -0.1) is 0 Å². The van der Waals surface area contributed by atoms with Crippen molar-refractivity contribution in [1.82, 2.24) is 4.90 Å². The van der Waals surface area contributed by atoms with Crippen LogP contribution < -0.4 is 5.73 Å². The van der Waals surface area contributed by atoms with Gasteiger partial charge >= 0.3 is 0 Å². The fourth-order valence-corrected chi connectivity index (χ4v) is 1.22. The average molecular weight is 190 g/mol.